The molecule has 13 heteroatoms. The van der Waals surface area contributed by atoms with Crippen molar-refractivity contribution in [3.05, 3.63) is 0 Å². The van der Waals surface area contributed by atoms with Crippen molar-refractivity contribution in [2.75, 3.05) is 0 Å². The first-order chi connectivity index (χ1) is 12.4. The molecule has 176 valence electrons. The number of rotatable bonds is 9. The summed E-state index contributed by atoms with van der Waals surface area (Å²) in [5.74, 6) is 0. The molecule has 0 unspecified atom stereocenters. The van der Waals surface area contributed by atoms with Gasteiger partial charge in [-0.3, -0.25) is 0 Å². The van der Waals surface area contributed by atoms with Gasteiger partial charge in [0.05, 0.1) is 0 Å². The van der Waals surface area contributed by atoms with Gasteiger partial charge in [-0.25, -0.2) is 0 Å². The summed E-state index contributed by atoms with van der Waals surface area (Å²) in [5, 5.41) is 0. The van der Waals surface area contributed by atoms with Crippen molar-refractivity contribution in [3.8, 4) is 0 Å². The van der Waals surface area contributed by atoms with Gasteiger partial charge in [0.2, 0.25) is 0 Å². The van der Waals surface area contributed by atoms with E-state index in [1.165, 1.54) is 0 Å². The summed E-state index contributed by atoms with van der Waals surface area (Å²) in [6, 6.07) is 0. The topological polar surface area (TPSA) is 27.7 Å². The summed E-state index contributed by atoms with van der Waals surface area (Å²) >= 11 is -6.20. The van der Waals surface area contributed by atoms with Crippen LogP contribution < -0.4 is 0 Å². The molecule has 29 heavy (non-hydrogen) atoms. The second-order valence-corrected chi connectivity index (χ2v) is 15.2. The van der Waals surface area contributed by atoms with Gasteiger partial charge in [0.25, 0.3) is 0 Å². The molecule has 0 saturated heterocycles. The van der Waals surface area contributed by atoms with Crippen LogP contribution in [0, 0.1) is 0 Å². The first-order valence-electron chi connectivity index (χ1n) is 8.74. The summed E-state index contributed by atoms with van der Waals surface area (Å²) in [5.41, 5.74) is -9.25. The van der Waals surface area contributed by atoms with Crippen molar-refractivity contribution < 1.29 is 48.7 Å². The molecule has 0 amide bonds. The maximum atomic E-state index is 13.4. The molecular weight excluding hydrogens is 530 g/mol. The van der Waals surface area contributed by atoms with Gasteiger partial charge < -0.3 is 0 Å². The van der Waals surface area contributed by atoms with Gasteiger partial charge in [0.15, 0.2) is 0 Å². The summed E-state index contributed by atoms with van der Waals surface area (Å²) in [6.07, 6.45) is -15.0. The number of alkyl halides is 9. The molecule has 0 aromatic heterocycles. The SMILES string of the molecule is CCC[CH2][Sn]([O]C(C)(C)C(F)(F)F)([O]C(C)(C)C(F)(F)F)[O]C(C)(C)C(F)(F)F. The number of hydrogen-bond donors (Lipinski definition) is 0. The molecule has 3 nitrogen and oxygen atoms in total. The van der Waals surface area contributed by atoms with Gasteiger partial charge >= 0.3 is 169 Å². The van der Waals surface area contributed by atoms with E-state index < -0.39 is 59.4 Å². The Morgan fingerprint density at radius 3 is 0.966 bits per heavy atom. The molecule has 0 aliphatic carbocycles. The van der Waals surface area contributed by atoms with Crippen molar-refractivity contribution in [2.45, 2.75) is 101 Å². The first kappa shape index (κ1) is 29.0. The van der Waals surface area contributed by atoms with Crippen LogP contribution in [0.1, 0.15) is 61.3 Å². The van der Waals surface area contributed by atoms with Crippen LogP contribution in [0.15, 0.2) is 0 Å². The number of halogens is 9. The molecular formula is C16H27F9O3Sn. The Morgan fingerprint density at radius 2 is 0.793 bits per heavy atom. The normalized spacial score (nSPS) is 15.7. The van der Waals surface area contributed by atoms with Crippen LogP contribution in [0.4, 0.5) is 39.5 Å². The van der Waals surface area contributed by atoms with E-state index in [-0.39, 0.29) is 12.8 Å². The molecule has 0 aliphatic rings. The Kier molecular flexibility index (Phi) is 8.90. The zero-order chi connectivity index (χ0) is 23.7. The predicted molar refractivity (Wildman–Crippen MR) is 89.1 cm³/mol. The number of unbranched alkanes of at least 4 members (excludes halogenated alkanes) is 1. The van der Waals surface area contributed by atoms with E-state index in [0.717, 1.165) is 0 Å². The van der Waals surface area contributed by atoms with Crippen LogP contribution in [0.5, 0.6) is 0 Å². The standard InChI is InChI=1S/3C4H6F3O.C4H9.Sn/c3*1-3(2,8)4(5,6)7;1-3-4-2;/h3*1-2H3;1,3-4H2,2H3;/q3*-1;;+3. The third-order valence-electron chi connectivity index (χ3n) is 4.12. The average molecular weight is 557 g/mol. The van der Waals surface area contributed by atoms with E-state index in [4.69, 9.17) is 9.22 Å². The van der Waals surface area contributed by atoms with Crippen molar-refractivity contribution in [3.63, 3.8) is 0 Å². The third-order valence-corrected chi connectivity index (χ3v) is 13.9. The molecule has 0 aromatic rings. The summed E-state index contributed by atoms with van der Waals surface area (Å²) in [7, 11) is 0. The van der Waals surface area contributed by atoms with Crippen molar-refractivity contribution in [1.82, 2.24) is 0 Å². The molecule has 0 radical (unpaired) electrons. The van der Waals surface area contributed by atoms with Crippen molar-refractivity contribution >= 4 is 19.6 Å². The van der Waals surface area contributed by atoms with Gasteiger partial charge in [-0.2, -0.15) is 0 Å². The fraction of sp³-hybridized carbons (Fsp3) is 1.00. The Morgan fingerprint density at radius 1 is 0.552 bits per heavy atom. The molecule has 0 fully saturated rings. The van der Waals surface area contributed by atoms with Crippen LogP contribution >= 0.6 is 0 Å². The maximum absolute atomic E-state index is 13.4. The van der Waals surface area contributed by atoms with Crippen LogP contribution in [0.25, 0.3) is 0 Å². The predicted octanol–water partition coefficient (Wildman–Crippen LogP) is 6.80. The molecule has 0 saturated carbocycles. The fourth-order valence-corrected chi connectivity index (χ4v) is 13.1. The van der Waals surface area contributed by atoms with Gasteiger partial charge in [-0.05, 0) is 0 Å². The van der Waals surface area contributed by atoms with Crippen LogP contribution in [-0.4, -0.2) is 55.0 Å². The quantitative estimate of drug-likeness (QED) is 0.231. The second kappa shape index (κ2) is 8.89. The molecule has 0 spiro atoms. The average Bonchev–Trinajstić information content (AvgIpc) is 2.39. The molecule has 0 N–H and O–H groups in total. The monoisotopic (exact) mass is 558 g/mol. The molecule has 0 aromatic carbocycles. The van der Waals surface area contributed by atoms with E-state index in [0.29, 0.717) is 41.5 Å². The van der Waals surface area contributed by atoms with Gasteiger partial charge in [-0.1, -0.05) is 0 Å². The van der Waals surface area contributed by atoms with E-state index in [2.05, 4.69) is 0 Å². The Labute approximate surface area is 169 Å². The number of hydrogen-bond acceptors (Lipinski definition) is 3. The third kappa shape index (κ3) is 7.60. The minimum atomic E-state index is -6.20. The van der Waals surface area contributed by atoms with E-state index in [1.807, 2.05) is 0 Å². The molecule has 0 aliphatic heterocycles. The van der Waals surface area contributed by atoms with E-state index >= 15 is 0 Å². The van der Waals surface area contributed by atoms with Crippen LogP contribution in [0.3, 0.4) is 0 Å². The Balaban J connectivity index is 6.52. The van der Waals surface area contributed by atoms with Gasteiger partial charge in [-0.15, -0.1) is 0 Å². The van der Waals surface area contributed by atoms with E-state index in [9.17, 15) is 39.5 Å². The van der Waals surface area contributed by atoms with Gasteiger partial charge in [0.1, 0.15) is 0 Å². The summed E-state index contributed by atoms with van der Waals surface area (Å²) < 4.78 is 135. The molecule has 0 bridgehead atoms. The second-order valence-electron chi connectivity index (χ2n) is 8.12. The van der Waals surface area contributed by atoms with Crippen LogP contribution in [-0.2, 0) is 9.22 Å². The zero-order valence-electron chi connectivity index (χ0n) is 17.2. The zero-order valence-corrected chi connectivity index (χ0v) is 20.1. The minimum absolute atomic E-state index is 0.0358. The summed E-state index contributed by atoms with van der Waals surface area (Å²) in [6.45, 7) is 4.64. The van der Waals surface area contributed by atoms with Crippen LogP contribution in [0.2, 0.25) is 4.44 Å². The first-order valence-corrected chi connectivity index (χ1v) is 14.2. The van der Waals surface area contributed by atoms with Gasteiger partial charge in [0, 0.05) is 0 Å². The van der Waals surface area contributed by atoms with Crippen molar-refractivity contribution in [2.24, 2.45) is 0 Å². The van der Waals surface area contributed by atoms with E-state index in [1.54, 1.807) is 6.92 Å². The molecule has 0 heterocycles. The fourth-order valence-electron chi connectivity index (χ4n) is 1.95. The summed E-state index contributed by atoms with van der Waals surface area (Å²) in [4.78, 5) is 0. The Bertz CT molecular complexity index is 468. The Hall–Kier alpha value is 0.0487. The molecule has 0 atom stereocenters. The molecule has 0 rings (SSSR count). The van der Waals surface area contributed by atoms with Crippen molar-refractivity contribution in [1.29, 1.82) is 0 Å².